The van der Waals surface area contributed by atoms with Crippen LogP contribution in [0.4, 0.5) is 5.69 Å². The van der Waals surface area contributed by atoms with Crippen LogP contribution in [0.15, 0.2) is 24.3 Å². The Balaban J connectivity index is 0.00000264. The van der Waals surface area contributed by atoms with Gasteiger partial charge in [-0.05, 0) is 43.5 Å². The monoisotopic (exact) mass is 361 g/mol. The van der Waals surface area contributed by atoms with E-state index in [2.05, 4.69) is 4.72 Å². The number of likely N-dealkylation sites (tertiary alicyclic amines) is 1. The summed E-state index contributed by atoms with van der Waals surface area (Å²) in [5.41, 5.74) is 6.88. The van der Waals surface area contributed by atoms with Gasteiger partial charge >= 0.3 is 0 Å². The lowest BCUT2D eigenvalue weighted by atomic mass is 10.0. The fraction of sp³-hybridized carbons (Fsp3) is 0.533. The molecule has 3 N–H and O–H groups in total. The van der Waals surface area contributed by atoms with E-state index in [4.69, 9.17) is 5.73 Å². The molecule has 0 unspecified atom stereocenters. The van der Waals surface area contributed by atoms with Crippen LogP contribution in [-0.2, 0) is 10.0 Å². The molecule has 1 amide bonds. The second-order valence-corrected chi connectivity index (χ2v) is 7.47. The van der Waals surface area contributed by atoms with Gasteiger partial charge in [0.2, 0.25) is 10.0 Å². The van der Waals surface area contributed by atoms with Crippen LogP contribution in [0.1, 0.15) is 36.5 Å². The number of sulfonamides is 1. The summed E-state index contributed by atoms with van der Waals surface area (Å²) < 4.78 is 25.9. The van der Waals surface area contributed by atoms with Crippen LogP contribution in [0.3, 0.4) is 0 Å². The summed E-state index contributed by atoms with van der Waals surface area (Å²) >= 11 is 0. The molecule has 1 aliphatic heterocycles. The Morgan fingerprint density at radius 1 is 1.26 bits per heavy atom. The highest BCUT2D eigenvalue weighted by Crippen LogP contribution is 2.16. The standard InChI is InChI=1S/C15H23N3O3S.ClH/c1-2-11-22(20,21)17-14-5-3-12(4-6-14)15(19)18-9-7-13(16)8-10-18;/h3-6,13,17H,2,7-11,16H2,1H3;1H. The molecule has 1 fully saturated rings. The molecular weight excluding hydrogens is 338 g/mol. The van der Waals surface area contributed by atoms with Gasteiger partial charge in [-0.15, -0.1) is 12.4 Å². The lowest BCUT2D eigenvalue weighted by molar-refractivity contribution is 0.0715. The molecule has 1 aromatic carbocycles. The summed E-state index contributed by atoms with van der Waals surface area (Å²) in [6, 6.07) is 6.73. The van der Waals surface area contributed by atoms with E-state index in [0.717, 1.165) is 12.8 Å². The largest absolute Gasteiger partial charge is 0.339 e. The zero-order valence-corrected chi connectivity index (χ0v) is 14.8. The number of carbonyl (C=O) groups is 1. The summed E-state index contributed by atoms with van der Waals surface area (Å²) in [4.78, 5) is 14.1. The Labute approximate surface area is 143 Å². The van der Waals surface area contributed by atoms with Crippen molar-refractivity contribution in [2.75, 3.05) is 23.6 Å². The van der Waals surface area contributed by atoms with E-state index in [-0.39, 0.29) is 30.1 Å². The maximum atomic E-state index is 12.4. The molecule has 0 aromatic heterocycles. The molecule has 0 atom stereocenters. The predicted octanol–water partition coefficient (Wildman–Crippen LogP) is 1.82. The number of carbonyl (C=O) groups excluding carboxylic acids is 1. The zero-order valence-electron chi connectivity index (χ0n) is 13.2. The van der Waals surface area contributed by atoms with E-state index in [1.54, 1.807) is 29.2 Å². The highest BCUT2D eigenvalue weighted by Gasteiger charge is 2.21. The lowest BCUT2D eigenvalue weighted by Crippen LogP contribution is -2.42. The molecule has 6 nitrogen and oxygen atoms in total. The molecule has 130 valence electrons. The van der Waals surface area contributed by atoms with E-state index in [1.165, 1.54) is 0 Å². The third-order valence-corrected chi connectivity index (χ3v) is 5.20. The Kier molecular flexibility index (Phi) is 7.31. The Hall–Kier alpha value is -1.31. The molecule has 1 aliphatic rings. The quantitative estimate of drug-likeness (QED) is 0.836. The van der Waals surface area contributed by atoms with Gasteiger partial charge in [0, 0.05) is 30.4 Å². The number of halogens is 1. The third kappa shape index (κ3) is 5.67. The molecule has 0 radical (unpaired) electrons. The summed E-state index contributed by atoms with van der Waals surface area (Å²) in [6.45, 7) is 3.15. The first-order valence-electron chi connectivity index (χ1n) is 7.56. The predicted molar refractivity (Wildman–Crippen MR) is 94.5 cm³/mol. The highest BCUT2D eigenvalue weighted by atomic mass is 35.5. The van der Waals surface area contributed by atoms with E-state index >= 15 is 0 Å². The van der Waals surface area contributed by atoms with Crippen molar-refractivity contribution >= 4 is 34.0 Å². The maximum Gasteiger partial charge on any atom is 0.253 e. The summed E-state index contributed by atoms with van der Waals surface area (Å²) in [5.74, 6) is 0.0525. The molecule has 0 spiro atoms. The number of rotatable bonds is 5. The Morgan fingerprint density at radius 3 is 2.35 bits per heavy atom. The van der Waals surface area contributed by atoms with Crippen molar-refractivity contribution in [3.63, 3.8) is 0 Å². The second-order valence-electron chi connectivity index (χ2n) is 5.63. The van der Waals surface area contributed by atoms with Crippen LogP contribution < -0.4 is 10.5 Å². The van der Waals surface area contributed by atoms with Crippen LogP contribution in [-0.4, -0.2) is 44.1 Å². The summed E-state index contributed by atoms with van der Waals surface area (Å²) in [7, 11) is -3.30. The molecular formula is C15H24ClN3O3S. The minimum absolute atomic E-state index is 0. The molecule has 8 heteroatoms. The van der Waals surface area contributed by atoms with Crippen molar-refractivity contribution in [2.45, 2.75) is 32.2 Å². The van der Waals surface area contributed by atoms with Gasteiger partial charge in [0.05, 0.1) is 5.75 Å². The average Bonchev–Trinajstić information content (AvgIpc) is 2.47. The molecule has 0 bridgehead atoms. The molecule has 1 aromatic rings. The first-order valence-corrected chi connectivity index (χ1v) is 9.22. The summed E-state index contributed by atoms with van der Waals surface area (Å²) in [5, 5.41) is 0. The van der Waals surface area contributed by atoms with Crippen molar-refractivity contribution in [3.05, 3.63) is 29.8 Å². The smallest absolute Gasteiger partial charge is 0.253 e. The van der Waals surface area contributed by atoms with Crippen molar-refractivity contribution in [2.24, 2.45) is 5.73 Å². The van der Waals surface area contributed by atoms with Gasteiger partial charge in [0.15, 0.2) is 0 Å². The minimum Gasteiger partial charge on any atom is -0.339 e. The number of benzene rings is 1. The number of nitrogens with zero attached hydrogens (tertiary/aromatic N) is 1. The molecule has 23 heavy (non-hydrogen) atoms. The number of hydrogen-bond donors (Lipinski definition) is 2. The van der Waals surface area contributed by atoms with Crippen LogP contribution in [0.5, 0.6) is 0 Å². The number of piperidine rings is 1. The van der Waals surface area contributed by atoms with Crippen molar-refractivity contribution in [1.82, 2.24) is 4.90 Å². The van der Waals surface area contributed by atoms with E-state index in [1.807, 2.05) is 6.92 Å². The van der Waals surface area contributed by atoms with Crippen LogP contribution >= 0.6 is 12.4 Å². The van der Waals surface area contributed by atoms with E-state index in [0.29, 0.717) is 30.8 Å². The van der Waals surface area contributed by atoms with Gasteiger partial charge in [-0.1, -0.05) is 6.92 Å². The average molecular weight is 362 g/mol. The van der Waals surface area contributed by atoms with Gasteiger partial charge in [-0.2, -0.15) is 0 Å². The van der Waals surface area contributed by atoms with Crippen LogP contribution in [0, 0.1) is 0 Å². The van der Waals surface area contributed by atoms with Crippen LogP contribution in [0.2, 0.25) is 0 Å². The Bertz CT molecular complexity index is 611. The molecule has 0 saturated carbocycles. The number of nitrogens with one attached hydrogen (secondary N) is 1. The van der Waals surface area contributed by atoms with E-state index in [9.17, 15) is 13.2 Å². The number of nitrogens with two attached hydrogens (primary N) is 1. The Morgan fingerprint density at radius 2 is 1.83 bits per heavy atom. The fourth-order valence-corrected chi connectivity index (χ4v) is 3.60. The maximum absolute atomic E-state index is 12.4. The van der Waals surface area contributed by atoms with Gasteiger partial charge in [0.1, 0.15) is 0 Å². The highest BCUT2D eigenvalue weighted by molar-refractivity contribution is 7.92. The minimum atomic E-state index is -3.30. The lowest BCUT2D eigenvalue weighted by Gasteiger charge is -2.30. The van der Waals surface area contributed by atoms with Crippen molar-refractivity contribution < 1.29 is 13.2 Å². The van der Waals surface area contributed by atoms with Crippen molar-refractivity contribution in [3.8, 4) is 0 Å². The topological polar surface area (TPSA) is 92.5 Å². The number of anilines is 1. The van der Waals surface area contributed by atoms with Crippen LogP contribution in [0.25, 0.3) is 0 Å². The number of amides is 1. The first kappa shape index (κ1) is 19.7. The van der Waals surface area contributed by atoms with Gasteiger partial charge in [-0.3, -0.25) is 9.52 Å². The normalized spacial score (nSPS) is 15.8. The zero-order chi connectivity index (χ0) is 16.2. The summed E-state index contributed by atoms with van der Waals surface area (Å²) in [6.07, 6.45) is 2.20. The number of hydrogen-bond acceptors (Lipinski definition) is 4. The second kappa shape index (κ2) is 8.52. The molecule has 1 heterocycles. The first-order chi connectivity index (χ1) is 10.4. The third-order valence-electron chi connectivity index (χ3n) is 3.70. The molecule has 2 rings (SSSR count). The van der Waals surface area contributed by atoms with Gasteiger partial charge < -0.3 is 10.6 Å². The molecule has 1 saturated heterocycles. The van der Waals surface area contributed by atoms with E-state index < -0.39 is 10.0 Å². The van der Waals surface area contributed by atoms with Gasteiger partial charge in [0.25, 0.3) is 5.91 Å². The SMILES string of the molecule is CCCS(=O)(=O)Nc1ccc(C(=O)N2CCC(N)CC2)cc1.Cl. The molecule has 0 aliphatic carbocycles. The van der Waals surface area contributed by atoms with Crippen molar-refractivity contribution in [1.29, 1.82) is 0 Å². The fourth-order valence-electron chi connectivity index (χ4n) is 2.47. The van der Waals surface area contributed by atoms with Gasteiger partial charge in [-0.25, -0.2) is 8.42 Å².